The summed E-state index contributed by atoms with van der Waals surface area (Å²) in [6, 6.07) is 6.54. The molecular formula is C20H29N3O5S. The van der Waals surface area contributed by atoms with E-state index >= 15 is 0 Å². The number of carbonyl (C=O) groups excluding carboxylic acids is 1. The van der Waals surface area contributed by atoms with E-state index in [1.165, 1.54) is 0 Å². The van der Waals surface area contributed by atoms with Gasteiger partial charge >= 0.3 is 11.3 Å². The van der Waals surface area contributed by atoms with Crippen molar-refractivity contribution < 1.29 is 22.4 Å². The summed E-state index contributed by atoms with van der Waals surface area (Å²) in [5.74, 6) is -0.285. The monoisotopic (exact) mass is 423 g/mol. The summed E-state index contributed by atoms with van der Waals surface area (Å²) in [5.41, 5.74) is 0.929. The van der Waals surface area contributed by atoms with Gasteiger partial charge in [0, 0.05) is 0 Å². The summed E-state index contributed by atoms with van der Waals surface area (Å²) in [4.78, 5) is 12.2. The van der Waals surface area contributed by atoms with E-state index < -0.39 is 32.8 Å². The van der Waals surface area contributed by atoms with Gasteiger partial charge in [0.25, 0.3) is 0 Å². The number of alkyl carbamates (subject to hydrolysis) is 1. The SMILES string of the molecule is CC[C@@H](C)[C@H](NC(=O)OC(C)(C)C)c1nnc(S(=O)(=O)Cc2cccc(C)c2)o1. The molecule has 29 heavy (non-hydrogen) atoms. The molecule has 8 nitrogen and oxygen atoms in total. The highest BCUT2D eigenvalue weighted by Gasteiger charge is 2.31. The van der Waals surface area contributed by atoms with Crippen LogP contribution in [-0.4, -0.2) is 30.3 Å². The van der Waals surface area contributed by atoms with Gasteiger partial charge in [-0.2, -0.15) is 0 Å². The number of benzene rings is 1. The Hall–Kier alpha value is -2.42. The number of aryl methyl sites for hydroxylation is 1. The van der Waals surface area contributed by atoms with Crippen molar-refractivity contribution in [2.45, 2.75) is 70.6 Å². The average molecular weight is 424 g/mol. The van der Waals surface area contributed by atoms with Crippen LogP contribution in [-0.2, 0) is 20.3 Å². The van der Waals surface area contributed by atoms with Gasteiger partial charge in [0.1, 0.15) is 11.6 Å². The zero-order valence-electron chi connectivity index (χ0n) is 17.7. The molecule has 2 rings (SSSR count). The summed E-state index contributed by atoms with van der Waals surface area (Å²) in [6.07, 6.45) is 0.0685. The Morgan fingerprint density at radius 2 is 1.97 bits per heavy atom. The van der Waals surface area contributed by atoms with E-state index in [2.05, 4.69) is 15.5 Å². The highest BCUT2D eigenvalue weighted by atomic mass is 32.2. The second-order valence-corrected chi connectivity index (χ2v) is 10.0. The molecule has 0 saturated heterocycles. The first-order valence-corrected chi connectivity index (χ1v) is 11.2. The lowest BCUT2D eigenvalue weighted by Gasteiger charge is -2.24. The lowest BCUT2D eigenvalue weighted by molar-refractivity contribution is 0.0473. The molecule has 0 bridgehead atoms. The quantitative estimate of drug-likeness (QED) is 0.717. The van der Waals surface area contributed by atoms with Crippen LogP contribution in [0.4, 0.5) is 4.79 Å². The van der Waals surface area contributed by atoms with Gasteiger partial charge in [0.05, 0.1) is 5.75 Å². The minimum absolute atomic E-state index is 0.0352. The fourth-order valence-electron chi connectivity index (χ4n) is 2.67. The number of rotatable bonds is 7. The molecule has 0 aliphatic heterocycles. The third-order valence-corrected chi connectivity index (χ3v) is 5.69. The molecule has 2 aromatic rings. The second kappa shape index (κ2) is 8.94. The standard InChI is InChI=1S/C20H29N3O5S/c1-7-14(3)16(21-18(24)28-20(4,5)6)17-22-23-19(27-17)29(25,26)12-15-10-8-9-13(2)11-15/h8-11,14,16H,7,12H2,1-6H3,(H,21,24)/t14-,16+/m1/s1. The molecule has 0 aliphatic rings. The van der Waals surface area contributed by atoms with E-state index in [0.29, 0.717) is 12.0 Å². The lowest BCUT2D eigenvalue weighted by atomic mass is 9.99. The number of ether oxygens (including phenoxy) is 1. The first kappa shape index (κ1) is 22.9. The van der Waals surface area contributed by atoms with Crippen molar-refractivity contribution in [1.82, 2.24) is 15.5 Å². The van der Waals surface area contributed by atoms with Gasteiger partial charge < -0.3 is 14.5 Å². The molecule has 0 saturated carbocycles. The summed E-state index contributed by atoms with van der Waals surface area (Å²) in [5, 5.41) is 9.87. The number of aromatic nitrogens is 2. The van der Waals surface area contributed by atoms with E-state index in [-0.39, 0.29) is 17.6 Å². The molecule has 1 amide bonds. The van der Waals surface area contributed by atoms with Gasteiger partial charge in [-0.1, -0.05) is 55.2 Å². The van der Waals surface area contributed by atoms with Crippen LogP contribution in [0.3, 0.4) is 0 Å². The van der Waals surface area contributed by atoms with Crippen molar-refractivity contribution in [3.05, 3.63) is 41.3 Å². The number of nitrogens with zero attached hydrogens (tertiary/aromatic N) is 2. The van der Waals surface area contributed by atoms with Crippen LogP contribution in [0, 0.1) is 12.8 Å². The Kier molecular flexibility index (Phi) is 7.05. The first-order valence-electron chi connectivity index (χ1n) is 9.52. The molecule has 0 aliphatic carbocycles. The largest absolute Gasteiger partial charge is 0.444 e. The van der Waals surface area contributed by atoms with Gasteiger partial charge in [-0.25, -0.2) is 13.2 Å². The van der Waals surface area contributed by atoms with E-state index in [0.717, 1.165) is 5.56 Å². The number of carbonyl (C=O) groups is 1. The predicted molar refractivity (Wildman–Crippen MR) is 108 cm³/mol. The van der Waals surface area contributed by atoms with Crippen molar-refractivity contribution in [2.24, 2.45) is 5.92 Å². The van der Waals surface area contributed by atoms with E-state index in [4.69, 9.17) is 9.15 Å². The number of hydrogen-bond donors (Lipinski definition) is 1. The van der Waals surface area contributed by atoms with Crippen LogP contribution < -0.4 is 5.32 Å². The van der Waals surface area contributed by atoms with Crippen LogP contribution in [0.2, 0.25) is 0 Å². The first-order chi connectivity index (χ1) is 13.4. The zero-order chi connectivity index (χ0) is 21.8. The van der Waals surface area contributed by atoms with Gasteiger partial charge in [-0.05, 0) is 39.2 Å². The maximum absolute atomic E-state index is 12.7. The van der Waals surface area contributed by atoms with Crippen LogP contribution in [0.15, 0.2) is 33.9 Å². The van der Waals surface area contributed by atoms with E-state index in [1.54, 1.807) is 39.0 Å². The minimum Gasteiger partial charge on any atom is -0.444 e. The minimum atomic E-state index is -3.82. The molecule has 0 unspecified atom stereocenters. The molecule has 9 heteroatoms. The van der Waals surface area contributed by atoms with Gasteiger partial charge in [-0.3, -0.25) is 0 Å². The fourth-order valence-corrected chi connectivity index (χ4v) is 3.79. The molecule has 0 radical (unpaired) electrons. The third-order valence-electron chi connectivity index (χ3n) is 4.28. The highest BCUT2D eigenvalue weighted by Crippen LogP contribution is 2.26. The Bertz CT molecular complexity index is 947. The Labute approximate surface area is 172 Å². The number of amides is 1. The smallest absolute Gasteiger partial charge is 0.408 e. The Balaban J connectivity index is 2.24. The zero-order valence-corrected chi connectivity index (χ0v) is 18.5. The molecule has 160 valence electrons. The summed E-state index contributed by atoms with van der Waals surface area (Å²) >= 11 is 0. The normalized spacial score (nSPS) is 14.3. The Morgan fingerprint density at radius 1 is 1.28 bits per heavy atom. The molecular weight excluding hydrogens is 394 g/mol. The summed E-state index contributed by atoms with van der Waals surface area (Å²) < 4.78 is 36.2. The number of sulfone groups is 1. The average Bonchev–Trinajstić information content (AvgIpc) is 3.08. The Morgan fingerprint density at radius 3 is 2.55 bits per heavy atom. The lowest BCUT2D eigenvalue weighted by Crippen LogP contribution is -2.37. The van der Waals surface area contributed by atoms with E-state index in [1.807, 2.05) is 26.8 Å². The molecule has 1 heterocycles. The number of hydrogen-bond acceptors (Lipinski definition) is 7. The van der Waals surface area contributed by atoms with Gasteiger partial charge in [0.15, 0.2) is 0 Å². The van der Waals surface area contributed by atoms with Crippen molar-refractivity contribution in [1.29, 1.82) is 0 Å². The predicted octanol–water partition coefficient (Wildman–Crippen LogP) is 3.96. The second-order valence-electron chi connectivity index (χ2n) is 8.16. The van der Waals surface area contributed by atoms with Crippen molar-refractivity contribution in [3.8, 4) is 0 Å². The maximum atomic E-state index is 12.7. The molecule has 1 aromatic heterocycles. The topological polar surface area (TPSA) is 111 Å². The van der Waals surface area contributed by atoms with E-state index in [9.17, 15) is 13.2 Å². The van der Waals surface area contributed by atoms with Crippen molar-refractivity contribution in [2.75, 3.05) is 0 Å². The third kappa shape index (κ3) is 6.56. The van der Waals surface area contributed by atoms with Crippen LogP contribution in [0.1, 0.15) is 64.1 Å². The van der Waals surface area contributed by atoms with Gasteiger partial charge in [-0.15, -0.1) is 5.10 Å². The maximum Gasteiger partial charge on any atom is 0.408 e. The highest BCUT2D eigenvalue weighted by molar-refractivity contribution is 7.90. The van der Waals surface area contributed by atoms with Crippen molar-refractivity contribution in [3.63, 3.8) is 0 Å². The summed E-state index contributed by atoms with van der Waals surface area (Å²) in [7, 11) is -3.82. The van der Waals surface area contributed by atoms with Gasteiger partial charge in [0.2, 0.25) is 15.7 Å². The van der Waals surface area contributed by atoms with Crippen LogP contribution in [0.5, 0.6) is 0 Å². The fraction of sp³-hybridized carbons (Fsp3) is 0.550. The van der Waals surface area contributed by atoms with Crippen LogP contribution in [0.25, 0.3) is 0 Å². The van der Waals surface area contributed by atoms with Crippen molar-refractivity contribution >= 4 is 15.9 Å². The number of nitrogens with one attached hydrogen (secondary N) is 1. The molecule has 1 aromatic carbocycles. The molecule has 0 fully saturated rings. The molecule has 2 atom stereocenters. The molecule has 1 N–H and O–H groups in total. The molecule has 0 spiro atoms. The van der Waals surface area contributed by atoms with Crippen LogP contribution >= 0.6 is 0 Å². The summed E-state index contributed by atoms with van der Waals surface area (Å²) in [6.45, 7) is 11.0.